The van der Waals surface area contributed by atoms with E-state index in [0.29, 0.717) is 21.7 Å². The molecule has 1 aromatic heterocycles. The molecule has 130 valence electrons. The van der Waals surface area contributed by atoms with Crippen LogP contribution in [0.15, 0.2) is 53.6 Å². The summed E-state index contributed by atoms with van der Waals surface area (Å²) < 4.78 is 6.95. The second kappa shape index (κ2) is 7.68. The standard InChI is InChI=1S/C19H19ClN2O3/c1-2-13-3-6-16(7-4-13)25-11-15(23)10-22-12-21-18-8-5-14(20)9-17(18)19(22)24/h3-9,12,15,23H,2,10-11H2,1H3. The molecule has 1 heterocycles. The van der Waals surface area contributed by atoms with Gasteiger partial charge in [-0.05, 0) is 42.3 Å². The molecule has 1 atom stereocenters. The Balaban J connectivity index is 1.68. The van der Waals surface area contributed by atoms with Gasteiger partial charge < -0.3 is 9.84 Å². The Morgan fingerprint density at radius 1 is 1.24 bits per heavy atom. The molecule has 1 N–H and O–H groups in total. The summed E-state index contributed by atoms with van der Waals surface area (Å²) in [7, 11) is 0. The fraction of sp³-hybridized carbons (Fsp3) is 0.263. The molecule has 0 spiro atoms. The highest BCUT2D eigenvalue weighted by Gasteiger charge is 2.10. The molecule has 0 saturated heterocycles. The average molecular weight is 359 g/mol. The molecule has 3 rings (SSSR count). The van der Waals surface area contributed by atoms with E-state index in [4.69, 9.17) is 16.3 Å². The molecule has 1 unspecified atom stereocenters. The largest absolute Gasteiger partial charge is 0.491 e. The first-order valence-electron chi connectivity index (χ1n) is 8.11. The van der Waals surface area contributed by atoms with E-state index >= 15 is 0 Å². The smallest absolute Gasteiger partial charge is 0.261 e. The number of aromatic nitrogens is 2. The van der Waals surface area contributed by atoms with E-state index in [1.807, 2.05) is 24.3 Å². The van der Waals surface area contributed by atoms with Crippen molar-refractivity contribution in [2.45, 2.75) is 26.0 Å². The first-order valence-corrected chi connectivity index (χ1v) is 8.49. The summed E-state index contributed by atoms with van der Waals surface area (Å²) in [5.74, 6) is 0.687. The number of aliphatic hydroxyl groups excluding tert-OH is 1. The van der Waals surface area contributed by atoms with E-state index in [2.05, 4.69) is 11.9 Å². The number of fused-ring (bicyclic) bond motifs is 1. The maximum Gasteiger partial charge on any atom is 0.261 e. The van der Waals surface area contributed by atoms with Crippen molar-refractivity contribution in [1.82, 2.24) is 9.55 Å². The molecule has 0 saturated carbocycles. The van der Waals surface area contributed by atoms with E-state index in [0.717, 1.165) is 6.42 Å². The highest BCUT2D eigenvalue weighted by Crippen LogP contribution is 2.15. The van der Waals surface area contributed by atoms with Crippen molar-refractivity contribution in [2.24, 2.45) is 0 Å². The van der Waals surface area contributed by atoms with Crippen LogP contribution in [0.1, 0.15) is 12.5 Å². The topological polar surface area (TPSA) is 64.3 Å². The average Bonchev–Trinajstić information content (AvgIpc) is 2.63. The fourth-order valence-electron chi connectivity index (χ4n) is 2.55. The van der Waals surface area contributed by atoms with Crippen LogP contribution in [0, 0.1) is 0 Å². The zero-order valence-corrected chi connectivity index (χ0v) is 14.6. The van der Waals surface area contributed by atoms with Crippen LogP contribution in [-0.2, 0) is 13.0 Å². The third-order valence-corrected chi connectivity index (χ3v) is 4.20. The molecular weight excluding hydrogens is 340 g/mol. The predicted octanol–water partition coefficient (Wildman–Crippen LogP) is 3.05. The summed E-state index contributed by atoms with van der Waals surface area (Å²) in [5, 5.41) is 11.1. The van der Waals surface area contributed by atoms with Crippen LogP contribution in [0.4, 0.5) is 0 Å². The molecule has 0 radical (unpaired) electrons. The van der Waals surface area contributed by atoms with Gasteiger partial charge in [-0.2, -0.15) is 0 Å². The molecule has 0 fully saturated rings. The fourth-order valence-corrected chi connectivity index (χ4v) is 2.73. The number of halogens is 1. The van der Waals surface area contributed by atoms with E-state index in [9.17, 15) is 9.90 Å². The monoisotopic (exact) mass is 358 g/mol. The van der Waals surface area contributed by atoms with Crippen molar-refractivity contribution in [1.29, 1.82) is 0 Å². The number of rotatable bonds is 6. The van der Waals surface area contributed by atoms with Crippen LogP contribution in [0.2, 0.25) is 5.02 Å². The lowest BCUT2D eigenvalue weighted by Crippen LogP contribution is -2.30. The van der Waals surface area contributed by atoms with Gasteiger partial charge in [0.2, 0.25) is 0 Å². The number of nitrogens with zero attached hydrogens (tertiary/aromatic N) is 2. The minimum Gasteiger partial charge on any atom is -0.491 e. The van der Waals surface area contributed by atoms with Gasteiger partial charge in [-0.1, -0.05) is 30.7 Å². The van der Waals surface area contributed by atoms with Crippen molar-refractivity contribution in [3.8, 4) is 5.75 Å². The number of hydrogen-bond acceptors (Lipinski definition) is 4. The lowest BCUT2D eigenvalue weighted by molar-refractivity contribution is 0.0915. The minimum atomic E-state index is -0.831. The lowest BCUT2D eigenvalue weighted by Gasteiger charge is -2.14. The van der Waals surface area contributed by atoms with Gasteiger partial charge in [0.25, 0.3) is 5.56 Å². The Bertz CT molecular complexity index is 922. The Kier molecular flexibility index (Phi) is 5.36. The summed E-state index contributed by atoms with van der Waals surface area (Å²) in [5.41, 5.74) is 1.56. The SMILES string of the molecule is CCc1ccc(OCC(O)Cn2cnc3ccc(Cl)cc3c2=O)cc1. The Labute approximate surface area is 150 Å². The molecule has 0 aliphatic carbocycles. The minimum absolute atomic E-state index is 0.0888. The quantitative estimate of drug-likeness (QED) is 0.735. The molecule has 0 amide bonds. The van der Waals surface area contributed by atoms with Crippen molar-refractivity contribution >= 4 is 22.5 Å². The molecule has 6 heteroatoms. The van der Waals surface area contributed by atoms with E-state index < -0.39 is 6.10 Å². The summed E-state index contributed by atoms with van der Waals surface area (Å²) in [4.78, 5) is 16.7. The molecular formula is C19H19ClN2O3. The Morgan fingerprint density at radius 2 is 2.00 bits per heavy atom. The number of aliphatic hydroxyl groups is 1. The van der Waals surface area contributed by atoms with Crippen LogP contribution in [-0.4, -0.2) is 27.4 Å². The first kappa shape index (κ1) is 17.5. The molecule has 3 aromatic rings. The second-order valence-electron chi connectivity index (χ2n) is 5.83. The predicted molar refractivity (Wildman–Crippen MR) is 98.3 cm³/mol. The van der Waals surface area contributed by atoms with Crippen molar-refractivity contribution in [2.75, 3.05) is 6.61 Å². The van der Waals surface area contributed by atoms with E-state index in [-0.39, 0.29) is 18.7 Å². The summed E-state index contributed by atoms with van der Waals surface area (Å²) in [6, 6.07) is 12.7. The number of benzene rings is 2. The number of aryl methyl sites for hydroxylation is 1. The molecule has 2 aromatic carbocycles. The lowest BCUT2D eigenvalue weighted by atomic mass is 10.2. The summed E-state index contributed by atoms with van der Waals surface area (Å²) in [6.45, 7) is 2.27. The van der Waals surface area contributed by atoms with Gasteiger partial charge in [-0.25, -0.2) is 4.98 Å². The highest BCUT2D eigenvalue weighted by molar-refractivity contribution is 6.31. The van der Waals surface area contributed by atoms with E-state index in [1.54, 1.807) is 18.2 Å². The summed E-state index contributed by atoms with van der Waals surface area (Å²) >= 11 is 5.94. The van der Waals surface area contributed by atoms with Gasteiger partial charge in [0, 0.05) is 5.02 Å². The third kappa shape index (κ3) is 4.18. The summed E-state index contributed by atoms with van der Waals surface area (Å²) in [6.07, 6.45) is 1.56. The van der Waals surface area contributed by atoms with Crippen LogP contribution in [0.5, 0.6) is 5.75 Å². The highest BCUT2D eigenvalue weighted by atomic mass is 35.5. The van der Waals surface area contributed by atoms with Crippen LogP contribution in [0.3, 0.4) is 0 Å². The van der Waals surface area contributed by atoms with Crippen LogP contribution >= 0.6 is 11.6 Å². The maximum absolute atomic E-state index is 12.5. The molecule has 5 nitrogen and oxygen atoms in total. The van der Waals surface area contributed by atoms with Crippen molar-refractivity contribution in [3.63, 3.8) is 0 Å². The van der Waals surface area contributed by atoms with Gasteiger partial charge in [-0.15, -0.1) is 0 Å². The Morgan fingerprint density at radius 3 is 2.72 bits per heavy atom. The van der Waals surface area contributed by atoms with Gasteiger partial charge in [-0.3, -0.25) is 9.36 Å². The molecule has 0 bridgehead atoms. The van der Waals surface area contributed by atoms with Gasteiger partial charge in [0.1, 0.15) is 18.5 Å². The molecule has 0 aliphatic rings. The van der Waals surface area contributed by atoms with Gasteiger partial charge in [0.05, 0.1) is 23.8 Å². The third-order valence-electron chi connectivity index (χ3n) is 3.97. The van der Waals surface area contributed by atoms with Crippen LogP contribution < -0.4 is 10.3 Å². The van der Waals surface area contributed by atoms with Crippen LogP contribution in [0.25, 0.3) is 10.9 Å². The normalized spacial score (nSPS) is 12.3. The maximum atomic E-state index is 12.5. The molecule has 25 heavy (non-hydrogen) atoms. The van der Waals surface area contributed by atoms with E-state index in [1.165, 1.54) is 16.5 Å². The van der Waals surface area contributed by atoms with Crippen molar-refractivity contribution in [3.05, 3.63) is 69.7 Å². The second-order valence-corrected chi connectivity index (χ2v) is 6.26. The van der Waals surface area contributed by atoms with Crippen molar-refractivity contribution < 1.29 is 9.84 Å². The Hall–Kier alpha value is -2.37. The molecule has 0 aliphatic heterocycles. The first-order chi connectivity index (χ1) is 12.1. The number of hydrogen-bond donors (Lipinski definition) is 1. The zero-order valence-electron chi connectivity index (χ0n) is 13.9. The van der Waals surface area contributed by atoms with Gasteiger partial charge in [0.15, 0.2) is 0 Å². The number of ether oxygens (including phenoxy) is 1. The van der Waals surface area contributed by atoms with Gasteiger partial charge >= 0.3 is 0 Å². The zero-order chi connectivity index (χ0) is 17.8.